The molecule has 1 atom stereocenters. The molecule has 3 amide bonds. The number of carbonyl (C=O) groups excluding carboxylic acids is 3. The van der Waals surface area contributed by atoms with Crippen molar-refractivity contribution in [2.75, 3.05) is 39.5 Å². The molecule has 7 rings (SSSR count). The normalized spacial score (nSPS) is 18.3. The van der Waals surface area contributed by atoms with Gasteiger partial charge in [-0.15, -0.1) is 0 Å². The summed E-state index contributed by atoms with van der Waals surface area (Å²) in [5.74, 6) is 0.836. The maximum atomic E-state index is 12.9. The minimum Gasteiger partial charge on any atom is -0.508 e. The fraction of sp³-hybridized carbons (Fsp3) is 0.341. The molecule has 3 aliphatic heterocycles. The van der Waals surface area contributed by atoms with Crippen LogP contribution in [0.2, 0.25) is 0 Å². The lowest BCUT2D eigenvalue weighted by atomic mass is 9.88. The minimum absolute atomic E-state index is 0.178. The smallest absolute Gasteiger partial charge is 0.255 e. The first kappa shape index (κ1) is 36.9. The van der Waals surface area contributed by atoms with Crippen LogP contribution in [0, 0.1) is 0 Å². The van der Waals surface area contributed by atoms with Gasteiger partial charge in [0, 0.05) is 38.2 Å². The molecule has 2 saturated heterocycles. The second kappa shape index (κ2) is 17.1. The number of ether oxygens (including phenoxy) is 3. The van der Waals surface area contributed by atoms with Crippen molar-refractivity contribution in [3.63, 3.8) is 0 Å². The molecule has 0 aliphatic carbocycles. The third-order valence-corrected chi connectivity index (χ3v) is 10.5. The molecule has 0 spiro atoms. The van der Waals surface area contributed by atoms with E-state index in [1.54, 1.807) is 29.2 Å². The Morgan fingerprint density at radius 2 is 1.46 bits per heavy atom. The van der Waals surface area contributed by atoms with Gasteiger partial charge < -0.3 is 24.2 Å². The van der Waals surface area contributed by atoms with E-state index >= 15 is 0 Å². The SMILES string of the molecule is CCC(=C(c1ccc(O)cc1)c1ccc(OCCN2CCC(OCCOc3ccc4c(c3)CN(C3CCC(=O)NC3=O)C4=O)CC2)cc1)c1ccccc1. The number of nitrogens with zero attached hydrogens (tertiary/aromatic N) is 2. The predicted molar refractivity (Wildman–Crippen MR) is 206 cm³/mol. The summed E-state index contributed by atoms with van der Waals surface area (Å²) in [5.41, 5.74) is 7.12. The summed E-state index contributed by atoms with van der Waals surface area (Å²) in [6.45, 7) is 6.68. The molecule has 3 aliphatic rings. The Kier molecular flexibility index (Phi) is 11.7. The Bertz CT molecular complexity index is 1970. The lowest BCUT2D eigenvalue weighted by molar-refractivity contribution is -0.136. The van der Waals surface area contributed by atoms with Crippen molar-refractivity contribution in [1.29, 1.82) is 0 Å². The van der Waals surface area contributed by atoms with Crippen molar-refractivity contribution in [2.24, 2.45) is 0 Å². The van der Waals surface area contributed by atoms with E-state index in [1.165, 1.54) is 11.1 Å². The number of nitrogens with one attached hydrogen (secondary N) is 1. The van der Waals surface area contributed by atoms with Crippen molar-refractivity contribution < 1.29 is 33.7 Å². The fourth-order valence-electron chi connectivity index (χ4n) is 7.63. The van der Waals surface area contributed by atoms with Crippen molar-refractivity contribution in [3.05, 3.63) is 125 Å². The van der Waals surface area contributed by atoms with Gasteiger partial charge in [-0.2, -0.15) is 0 Å². The van der Waals surface area contributed by atoms with Crippen LogP contribution in [0.4, 0.5) is 0 Å². The number of rotatable bonds is 14. The highest BCUT2D eigenvalue weighted by atomic mass is 16.5. The molecule has 2 N–H and O–H groups in total. The number of benzene rings is 4. The Morgan fingerprint density at radius 3 is 2.17 bits per heavy atom. The molecule has 0 bridgehead atoms. The molecular formula is C44H47N3O7. The zero-order valence-electron chi connectivity index (χ0n) is 30.7. The molecule has 10 heteroatoms. The summed E-state index contributed by atoms with van der Waals surface area (Å²) < 4.78 is 18.3. The molecule has 2 fully saturated rings. The first-order valence-electron chi connectivity index (χ1n) is 18.9. The Morgan fingerprint density at radius 1 is 0.778 bits per heavy atom. The van der Waals surface area contributed by atoms with Gasteiger partial charge in [-0.05, 0) is 102 Å². The predicted octanol–water partition coefficient (Wildman–Crippen LogP) is 6.46. The molecule has 10 nitrogen and oxygen atoms in total. The number of carbonyl (C=O) groups is 3. The van der Waals surface area contributed by atoms with E-state index in [0.717, 1.165) is 66.9 Å². The first-order valence-corrected chi connectivity index (χ1v) is 18.9. The molecule has 0 saturated carbocycles. The van der Waals surface area contributed by atoms with Gasteiger partial charge in [0.1, 0.15) is 36.5 Å². The number of fused-ring (bicyclic) bond motifs is 1. The second-order valence-corrected chi connectivity index (χ2v) is 14.0. The van der Waals surface area contributed by atoms with E-state index in [4.69, 9.17) is 14.2 Å². The number of allylic oxidation sites excluding steroid dienone is 1. The summed E-state index contributed by atoms with van der Waals surface area (Å²) in [5, 5.41) is 12.3. The molecule has 4 aromatic carbocycles. The van der Waals surface area contributed by atoms with Crippen molar-refractivity contribution >= 4 is 28.9 Å². The monoisotopic (exact) mass is 729 g/mol. The number of amides is 3. The third-order valence-electron chi connectivity index (χ3n) is 10.5. The van der Waals surface area contributed by atoms with Crippen molar-refractivity contribution in [1.82, 2.24) is 15.1 Å². The quantitative estimate of drug-likeness (QED) is 0.0864. The molecule has 4 aromatic rings. The zero-order chi connectivity index (χ0) is 37.4. The average Bonchev–Trinajstić information content (AvgIpc) is 3.52. The van der Waals surface area contributed by atoms with Crippen molar-refractivity contribution in [3.8, 4) is 17.2 Å². The van der Waals surface area contributed by atoms with Crippen LogP contribution >= 0.6 is 0 Å². The van der Waals surface area contributed by atoms with Gasteiger partial charge in [0.05, 0.1) is 12.7 Å². The van der Waals surface area contributed by atoms with Gasteiger partial charge >= 0.3 is 0 Å². The third kappa shape index (κ3) is 8.67. The maximum Gasteiger partial charge on any atom is 0.255 e. The van der Waals surface area contributed by atoms with Gasteiger partial charge in [-0.25, -0.2) is 0 Å². The van der Waals surface area contributed by atoms with Gasteiger partial charge in [-0.1, -0.05) is 61.5 Å². The van der Waals surface area contributed by atoms with Crippen LogP contribution in [0.3, 0.4) is 0 Å². The number of likely N-dealkylation sites (tertiary alicyclic amines) is 1. The Hall–Kier alpha value is -5.45. The highest BCUT2D eigenvalue weighted by Crippen LogP contribution is 2.36. The van der Waals surface area contributed by atoms with Crippen molar-refractivity contribution in [2.45, 2.75) is 57.7 Å². The number of phenols is 1. The highest BCUT2D eigenvalue weighted by molar-refractivity contribution is 6.05. The Balaban J connectivity index is 0.835. The molecule has 280 valence electrons. The number of aromatic hydroxyl groups is 1. The number of hydrogen-bond acceptors (Lipinski definition) is 8. The molecule has 54 heavy (non-hydrogen) atoms. The standard InChI is InChI=1S/C44H47N3O7/c1-2-38(30-6-4-3-5-7-30)42(31-8-12-34(48)13-9-31)32-10-14-35(15-11-32)52-25-24-46-22-20-36(21-23-46)53-26-27-54-37-16-17-39-33(28-37)29-47(44(39)51)40-18-19-41(49)45-43(40)50/h3-17,28,36,40,48H,2,18-27,29H2,1H3,(H,45,49,50). The van der Waals surface area contributed by atoms with E-state index in [2.05, 4.69) is 53.5 Å². The maximum absolute atomic E-state index is 12.9. The first-order chi connectivity index (χ1) is 26.4. The Labute approximate surface area is 316 Å². The van der Waals surface area contributed by atoms with Gasteiger partial charge in [0.2, 0.25) is 11.8 Å². The summed E-state index contributed by atoms with van der Waals surface area (Å²) in [4.78, 5) is 40.8. The number of piperidine rings is 2. The topological polar surface area (TPSA) is 118 Å². The lowest BCUT2D eigenvalue weighted by Crippen LogP contribution is -2.52. The average molecular weight is 730 g/mol. The van der Waals surface area contributed by atoms with Crippen LogP contribution in [0.25, 0.3) is 11.1 Å². The highest BCUT2D eigenvalue weighted by Gasteiger charge is 2.39. The van der Waals surface area contributed by atoms with E-state index < -0.39 is 11.9 Å². The summed E-state index contributed by atoms with van der Waals surface area (Å²) in [6, 6.07) is 30.9. The number of hydrogen-bond donors (Lipinski definition) is 2. The molecule has 3 heterocycles. The van der Waals surface area contributed by atoms with Crippen LogP contribution in [0.5, 0.6) is 17.2 Å². The molecule has 1 unspecified atom stereocenters. The largest absolute Gasteiger partial charge is 0.508 e. The van der Waals surface area contributed by atoms with Crippen LogP contribution < -0.4 is 14.8 Å². The van der Waals surface area contributed by atoms with Crippen LogP contribution in [-0.4, -0.2) is 84.2 Å². The van der Waals surface area contributed by atoms with Gasteiger partial charge in [-0.3, -0.25) is 24.6 Å². The number of imide groups is 1. The molecular weight excluding hydrogens is 682 g/mol. The summed E-state index contributed by atoms with van der Waals surface area (Å²) >= 11 is 0. The van der Waals surface area contributed by atoms with Crippen LogP contribution in [-0.2, 0) is 20.9 Å². The van der Waals surface area contributed by atoms with E-state index in [9.17, 15) is 19.5 Å². The van der Waals surface area contributed by atoms with E-state index in [-0.39, 0.29) is 30.1 Å². The molecule has 0 aromatic heterocycles. The number of phenolic OH excluding ortho intramolecular Hbond substituents is 1. The zero-order valence-corrected chi connectivity index (χ0v) is 30.7. The van der Waals surface area contributed by atoms with Crippen LogP contribution in [0.15, 0.2) is 97.1 Å². The summed E-state index contributed by atoms with van der Waals surface area (Å²) in [6.07, 6.45) is 3.50. The van der Waals surface area contributed by atoms with E-state index in [1.807, 2.05) is 36.4 Å². The lowest BCUT2D eigenvalue weighted by Gasteiger charge is -2.31. The van der Waals surface area contributed by atoms with E-state index in [0.29, 0.717) is 44.1 Å². The summed E-state index contributed by atoms with van der Waals surface area (Å²) in [7, 11) is 0. The second-order valence-electron chi connectivity index (χ2n) is 14.0. The van der Waals surface area contributed by atoms with Gasteiger partial charge in [0.15, 0.2) is 0 Å². The van der Waals surface area contributed by atoms with Crippen LogP contribution in [0.1, 0.15) is 71.6 Å². The fourth-order valence-corrected chi connectivity index (χ4v) is 7.63. The molecule has 0 radical (unpaired) electrons. The van der Waals surface area contributed by atoms with Gasteiger partial charge in [0.25, 0.3) is 5.91 Å². The minimum atomic E-state index is -0.632.